The summed E-state index contributed by atoms with van der Waals surface area (Å²) in [4.78, 5) is 22.3. The molecular weight excluding hydrogens is 374 g/mol. The zero-order valence-corrected chi connectivity index (χ0v) is 14.7. The maximum absolute atomic E-state index is 12.3. The van der Waals surface area contributed by atoms with E-state index in [1.54, 1.807) is 17.3 Å². The van der Waals surface area contributed by atoms with Crippen molar-refractivity contribution in [1.29, 1.82) is 0 Å². The number of benzene rings is 1. The number of carbonyl (C=O) groups is 1. The minimum absolute atomic E-state index is 0.0333. The molecule has 2 heterocycles. The van der Waals surface area contributed by atoms with E-state index in [0.29, 0.717) is 18.3 Å². The smallest absolute Gasteiger partial charge is 0.316 e. The first-order chi connectivity index (χ1) is 11.7. The Morgan fingerprint density at radius 2 is 2.00 bits per heavy atom. The van der Waals surface area contributed by atoms with Gasteiger partial charge in [0.2, 0.25) is 0 Å². The third-order valence-electron chi connectivity index (χ3n) is 3.71. The molecule has 0 saturated carbocycles. The summed E-state index contributed by atoms with van der Waals surface area (Å²) in [7, 11) is 0. The van der Waals surface area contributed by atoms with Crippen LogP contribution in [0, 0.1) is 0 Å². The number of ether oxygens (including phenoxy) is 2. The van der Waals surface area contributed by atoms with Gasteiger partial charge >= 0.3 is 6.01 Å². The first-order valence-electron chi connectivity index (χ1n) is 7.80. The van der Waals surface area contributed by atoms with E-state index in [4.69, 9.17) is 9.47 Å². The predicted molar refractivity (Wildman–Crippen MR) is 91.9 cm³/mol. The number of carbonyl (C=O) groups excluding carboxylic acids is 1. The molecule has 7 heteroatoms. The van der Waals surface area contributed by atoms with Crippen molar-refractivity contribution in [1.82, 2.24) is 14.9 Å². The van der Waals surface area contributed by atoms with Gasteiger partial charge < -0.3 is 14.4 Å². The van der Waals surface area contributed by atoms with Crippen molar-refractivity contribution in [3.8, 4) is 11.8 Å². The van der Waals surface area contributed by atoms with Gasteiger partial charge in [-0.1, -0.05) is 18.2 Å². The van der Waals surface area contributed by atoms with Crippen LogP contribution < -0.4 is 9.47 Å². The quantitative estimate of drug-likeness (QED) is 0.783. The fourth-order valence-corrected chi connectivity index (χ4v) is 2.73. The highest BCUT2D eigenvalue weighted by atomic mass is 79.9. The Morgan fingerprint density at radius 1 is 1.25 bits per heavy atom. The van der Waals surface area contributed by atoms with Crippen LogP contribution in [0.15, 0.2) is 47.2 Å². The number of halogens is 1. The van der Waals surface area contributed by atoms with E-state index < -0.39 is 0 Å². The number of hydrogen-bond donors (Lipinski definition) is 0. The summed E-state index contributed by atoms with van der Waals surface area (Å²) >= 11 is 3.29. The molecule has 6 nitrogen and oxygen atoms in total. The lowest BCUT2D eigenvalue weighted by Gasteiger charge is -2.32. The lowest BCUT2D eigenvalue weighted by molar-refractivity contribution is -0.136. The Hall–Kier alpha value is -2.15. The lowest BCUT2D eigenvalue weighted by atomic mass is 10.1. The summed E-state index contributed by atoms with van der Waals surface area (Å²) < 4.78 is 12.1. The van der Waals surface area contributed by atoms with E-state index in [2.05, 4.69) is 25.9 Å². The van der Waals surface area contributed by atoms with Crippen molar-refractivity contribution in [2.45, 2.75) is 18.9 Å². The van der Waals surface area contributed by atoms with E-state index in [9.17, 15) is 4.79 Å². The maximum Gasteiger partial charge on any atom is 0.316 e. The van der Waals surface area contributed by atoms with E-state index in [0.717, 1.165) is 23.9 Å². The summed E-state index contributed by atoms with van der Waals surface area (Å²) in [6.07, 6.45) is 4.95. The van der Waals surface area contributed by atoms with Crippen LogP contribution in [0.4, 0.5) is 0 Å². The Balaban J connectivity index is 1.51. The van der Waals surface area contributed by atoms with Gasteiger partial charge in [0.05, 0.1) is 11.0 Å². The van der Waals surface area contributed by atoms with Crippen LogP contribution >= 0.6 is 15.9 Å². The van der Waals surface area contributed by atoms with Crippen LogP contribution in [0.2, 0.25) is 0 Å². The monoisotopic (exact) mass is 391 g/mol. The van der Waals surface area contributed by atoms with Crippen molar-refractivity contribution in [2.75, 3.05) is 19.7 Å². The van der Waals surface area contributed by atoms with Crippen molar-refractivity contribution in [2.24, 2.45) is 0 Å². The lowest BCUT2D eigenvalue weighted by Crippen LogP contribution is -2.46. The molecule has 0 bridgehead atoms. The number of nitrogens with zero attached hydrogens (tertiary/aromatic N) is 3. The molecule has 126 valence electrons. The number of para-hydroxylation sites is 1. The molecule has 24 heavy (non-hydrogen) atoms. The number of hydrogen-bond acceptors (Lipinski definition) is 5. The third-order valence-corrected chi connectivity index (χ3v) is 4.11. The minimum Gasteiger partial charge on any atom is -0.484 e. The molecule has 0 unspecified atom stereocenters. The standard InChI is InChI=1S/C17H18BrN3O3/c18-13-9-19-17(20-10-13)24-15-7-4-8-21(11-15)16(22)12-23-14-5-2-1-3-6-14/h1-3,5-6,9-10,15H,4,7-8,11-12H2/t15-/m1/s1. The zero-order chi connectivity index (χ0) is 16.8. The molecule has 0 radical (unpaired) electrons. The minimum atomic E-state index is -0.0967. The molecule has 1 aliphatic heterocycles. The summed E-state index contributed by atoms with van der Waals surface area (Å²) in [6.45, 7) is 1.28. The van der Waals surface area contributed by atoms with Gasteiger partial charge in [-0.15, -0.1) is 0 Å². The van der Waals surface area contributed by atoms with Gasteiger partial charge in [0, 0.05) is 18.9 Å². The predicted octanol–water partition coefficient (Wildman–Crippen LogP) is 2.69. The number of amides is 1. The van der Waals surface area contributed by atoms with Gasteiger partial charge in [-0.3, -0.25) is 4.79 Å². The molecular formula is C17H18BrN3O3. The zero-order valence-electron chi connectivity index (χ0n) is 13.1. The normalized spacial score (nSPS) is 17.4. The van der Waals surface area contributed by atoms with Gasteiger partial charge in [-0.05, 0) is 40.9 Å². The average Bonchev–Trinajstić information content (AvgIpc) is 2.63. The average molecular weight is 392 g/mol. The molecule has 1 aliphatic rings. The molecule has 3 rings (SSSR count). The molecule has 2 aromatic rings. The van der Waals surface area contributed by atoms with Gasteiger partial charge in [0.25, 0.3) is 5.91 Å². The fraction of sp³-hybridized carbons (Fsp3) is 0.353. The second-order valence-corrected chi connectivity index (χ2v) is 6.42. The Kier molecular flexibility index (Phi) is 5.63. The third kappa shape index (κ3) is 4.67. The Labute approximate surface area is 148 Å². The highest BCUT2D eigenvalue weighted by Gasteiger charge is 2.25. The Morgan fingerprint density at radius 3 is 2.75 bits per heavy atom. The summed E-state index contributed by atoms with van der Waals surface area (Å²) in [6, 6.07) is 9.66. The van der Waals surface area contributed by atoms with Gasteiger partial charge in [-0.25, -0.2) is 9.97 Å². The second-order valence-electron chi connectivity index (χ2n) is 5.51. The van der Waals surface area contributed by atoms with Crippen molar-refractivity contribution >= 4 is 21.8 Å². The highest BCUT2D eigenvalue weighted by molar-refractivity contribution is 9.10. The number of likely N-dealkylation sites (tertiary alicyclic amines) is 1. The van der Waals surface area contributed by atoms with Crippen LogP contribution in [0.3, 0.4) is 0 Å². The van der Waals surface area contributed by atoms with Gasteiger partial charge in [-0.2, -0.15) is 0 Å². The van der Waals surface area contributed by atoms with Crippen LogP contribution in [0.1, 0.15) is 12.8 Å². The Bertz CT molecular complexity index is 667. The van der Waals surface area contributed by atoms with E-state index >= 15 is 0 Å². The van der Waals surface area contributed by atoms with Crippen LogP contribution in [-0.2, 0) is 4.79 Å². The maximum atomic E-state index is 12.3. The molecule has 0 spiro atoms. The summed E-state index contributed by atoms with van der Waals surface area (Å²) in [5.74, 6) is 0.655. The molecule has 1 atom stereocenters. The fourth-order valence-electron chi connectivity index (χ4n) is 2.52. The highest BCUT2D eigenvalue weighted by Crippen LogP contribution is 2.17. The molecule has 1 aromatic carbocycles. The number of rotatable bonds is 5. The van der Waals surface area contributed by atoms with Gasteiger partial charge in [0.15, 0.2) is 6.61 Å². The molecule has 0 N–H and O–H groups in total. The van der Waals surface area contributed by atoms with Crippen LogP contribution in [0.25, 0.3) is 0 Å². The van der Waals surface area contributed by atoms with Crippen LogP contribution in [0.5, 0.6) is 11.8 Å². The molecule has 1 saturated heterocycles. The number of piperidine rings is 1. The SMILES string of the molecule is O=C(COc1ccccc1)N1CCC[C@@H](Oc2ncc(Br)cn2)C1. The molecule has 0 aliphatic carbocycles. The second kappa shape index (κ2) is 8.10. The first-order valence-corrected chi connectivity index (χ1v) is 8.60. The largest absolute Gasteiger partial charge is 0.484 e. The van der Waals surface area contributed by atoms with Gasteiger partial charge in [0.1, 0.15) is 11.9 Å². The topological polar surface area (TPSA) is 64.5 Å². The molecule has 1 aromatic heterocycles. The summed E-state index contributed by atoms with van der Waals surface area (Å²) in [5.41, 5.74) is 0. The van der Waals surface area contributed by atoms with Crippen molar-refractivity contribution in [3.05, 3.63) is 47.2 Å². The van der Waals surface area contributed by atoms with E-state index in [-0.39, 0.29) is 18.6 Å². The first kappa shape index (κ1) is 16.7. The molecule has 1 amide bonds. The molecule has 1 fully saturated rings. The summed E-state index contributed by atoms with van der Waals surface area (Å²) in [5, 5.41) is 0. The van der Waals surface area contributed by atoms with Crippen molar-refractivity contribution in [3.63, 3.8) is 0 Å². The number of aromatic nitrogens is 2. The van der Waals surface area contributed by atoms with E-state index in [1.165, 1.54) is 0 Å². The van der Waals surface area contributed by atoms with Crippen LogP contribution in [-0.4, -0.2) is 46.6 Å². The van der Waals surface area contributed by atoms with Crippen molar-refractivity contribution < 1.29 is 14.3 Å². The van der Waals surface area contributed by atoms with E-state index in [1.807, 2.05) is 30.3 Å².